The highest BCUT2D eigenvalue weighted by molar-refractivity contribution is 7.88. The summed E-state index contributed by atoms with van der Waals surface area (Å²) in [6, 6.07) is 16.3. The van der Waals surface area contributed by atoms with E-state index in [2.05, 4.69) is 47.2 Å². The van der Waals surface area contributed by atoms with Gasteiger partial charge in [0.05, 0.1) is 18.3 Å². The predicted molar refractivity (Wildman–Crippen MR) is 122 cm³/mol. The monoisotopic (exact) mass is 437 g/mol. The molecule has 7 heteroatoms. The first-order valence-electron chi connectivity index (χ1n) is 10.8. The third kappa shape index (κ3) is 4.00. The number of urea groups is 1. The van der Waals surface area contributed by atoms with Crippen molar-refractivity contribution in [1.82, 2.24) is 14.5 Å². The number of carbonyl (C=O) groups is 1. The van der Waals surface area contributed by atoms with Gasteiger partial charge in [0, 0.05) is 19.1 Å². The molecule has 3 aliphatic heterocycles. The van der Waals surface area contributed by atoms with Crippen LogP contribution in [0, 0.1) is 0 Å². The van der Waals surface area contributed by atoms with Crippen LogP contribution in [0.15, 0.2) is 54.6 Å². The number of sulfonamides is 1. The van der Waals surface area contributed by atoms with E-state index in [1.54, 1.807) is 0 Å². The van der Waals surface area contributed by atoms with Crippen molar-refractivity contribution in [3.05, 3.63) is 65.7 Å². The number of benzene rings is 2. The van der Waals surface area contributed by atoms with Crippen LogP contribution in [-0.4, -0.2) is 61.7 Å². The Bertz CT molecular complexity index is 1140. The molecule has 0 aliphatic carbocycles. The minimum atomic E-state index is -3.36. The van der Waals surface area contributed by atoms with Gasteiger partial charge in [0.25, 0.3) is 0 Å². The lowest BCUT2D eigenvalue weighted by Crippen LogP contribution is -2.58. The van der Waals surface area contributed by atoms with Crippen LogP contribution < -0.4 is 4.72 Å². The molecule has 1 N–H and O–H groups in total. The van der Waals surface area contributed by atoms with Gasteiger partial charge in [-0.3, -0.25) is 0 Å². The summed E-state index contributed by atoms with van der Waals surface area (Å²) in [5.41, 5.74) is 4.52. The van der Waals surface area contributed by atoms with E-state index in [4.69, 9.17) is 0 Å². The van der Waals surface area contributed by atoms with E-state index >= 15 is 0 Å². The molecular formula is C24H27N3O3S. The number of carbonyl (C=O) groups excluding carboxylic acids is 1. The number of nitrogens with one attached hydrogen (secondary N) is 1. The Hall–Kier alpha value is -2.64. The lowest BCUT2D eigenvalue weighted by molar-refractivity contribution is 0.0982. The topological polar surface area (TPSA) is 69.7 Å². The lowest BCUT2D eigenvalue weighted by atomic mass is 9.94. The highest BCUT2D eigenvalue weighted by Crippen LogP contribution is 2.32. The molecule has 6 nitrogen and oxygen atoms in total. The number of fused-ring (bicyclic) bond motifs is 6. The summed E-state index contributed by atoms with van der Waals surface area (Å²) < 4.78 is 26.7. The number of rotatable bonds is 2. The first-order valence-corrected chi connectivity index (χ1v) is 12.7. The van der Waals surface area contributed by atoms with E-state index in [1.165, 1.54) is 6.26 Å². The van der Waals surface area contributed by atoms with Gasteiger partial charge >= 0.3 is 6.03 Å². The third-order valence-corrected chi connectivity index (χ3v) is 7.34. The number of nitrogens with zero attached hydrogens (tertiary/aromatic N) is 2. The molecule has 0 saturated carbocycles. The number of amides is 2. The summed E-state index contributed by atoms with van der Waals surface area (Å²) in [5.74, 6) is 0. The van der Waals surface area contributed by atoms with Crippen LogP contribution >= 0.6 is 0 Å². The average Bonchev–Trinajstić information content (AvgIpc) is 3.08. The number of hydrogen-bond acceptors (Lipinski definition) is 3. The SMILES string of the molecule is CS(=O)(=O)NC1CCN2C(=O)N3CCC3/C=C/c3ccccc3-c3cccc(c3)CC12. The predicted octanol–water partition coefficient (Wildman–Crippen LogP) is 3.11. The molecular weight excluding hydrogens is 410 g/mol. The van der Waals surface area contributed by atoms with Gasteiger partial charge in [0.15, 0.2) is 0 Å². The third-order valence-electron chi connectivity index (χ3n) is 6.61. The van der Waals surface area contributed by atoms with Crippen LogP contribution in [0.1, 0.15) is 24.0 Å². The van der Waals surface area contributed by atoms with Gasteiger partial charge in [-0.15, -0.1) is 0 Å². The average molecular weight is 438 g/mol. The van der Waals surface area contributed by atoms with E-state index in [9.17, 15) is 13.2 Å². The van der Waals surface area contributed by atoms with Gasteiger partial charge in [-0.25, -0.2) is 17.9 Å². The van der Waals surface area contributed by atoms with Crippen LogP contribution in [0.2, 0.25) is 0 Å². The van der Waals surface area contributed by atoms with Crippen molar-refractivity contribution in [2.45, 2.75) is 37.4 Å². The largest absolute Gasteiger partial charge is 0.320 e. The smallest absolute Gasteiger partial charge is 0.320 e. The zero-order valence-electron chi connectivity index (χ0n) is 17.6. The highest BCUT2D eigenvalue weighted by Gasteiger charge is 2.42. The maximum Gasteiger partial charge on any atom is 0.320 e. The molecule has 3 aliphatic rings. The lowest BCUT2D eigenvalue weighted by Gasteiger charge is -2.43. The Kier molecular flexibility index (Phi) is 5.10. The Morgan fingerprint density at radius 3 is 2.58 bits per heavy atom. The van der Waals surface area contributed by atoms with E-state index < -0.39 is 10.0 Å². The first kappa shape index (κ1) is 20.3. The van der Waals surface area contributed by atoms with Crippen molar-refractivity contribution in [3.8, 4) is 11.1 Å². The molecule has 0 radical (unpaired) electrons. The molecule has 3 heterocycles. The van der Waals surface area contributed by atoms with Crippen molar-refractivity contribution in [2.75, 3.05) is 19.3 Å². The maximum atomic E-state index is 13.4. The fourth-order valence-corrected chi connectivity index (χ4v) is 5.82. The van der Waals surface area contributed by atoms with Crippen molar-refractivity contribution < 1.29 is 13.2 Å². The molecule has 31 heavy (non-hydrogen) atoms. The second-order valence-electron chi connectivity index (χ2n) is 8.73. The minimum absolute atomic E-state index is 0.00684. The zero-order valence-corrected chi connectivity index (χ0v) is 18.4. The van der Waals surface area contributed by atoms with Crippen molar-refractivity contribution in [1.29, 1.82) is 0 Å². The first-order chi connectivity index (χ1) is 14.9. The molecule has 3 atom stereocenters. The molecule has 2 bridgehead atoms. The normalized spacial score (nSPS) is 26.5. The second-order valence-corrected chi connectivity index (χ2v) is 10.5. The summed E-state index contributed by atoms with van der Waals surface area (Å²) in [6.45, 7) is 1.29. The van der Waals surface area contributed by atoms with Crippen LogP contribution in [0.5, 0.6) is 0 Å². The molecule has 2 fully saturated rings. The number of hydrogen-bond donors (Lipinski definition) is 1. The molecule has 2 saturated heterocycles. The molecule has 162 valence electrons. The molecule has 2 aromatic rings. The van der Waals surface area contributed by atoms with Gasteiger partial charge in [0.1, 0.15) is 0 Å². The highest BCUT2D eigenvalue weighted by atomic mass is 32.2. The quantitative estimate of drug-likeness (QED) is 0.785. The van der Waals surface area contributed by atoms with E-state index in [-0.39, 0.29) is 24.2 Å². The van der Waals surface area contributed by atoms with E-state index in [0.717, 1.165) is 35.2 Å². The summed E-state index contributed by atoms with van der Waals surface area (Å²) >= 11 is 0. The Labute approximate surface area is 183 Å². The maximum absolute atomic E-state index is 13.4. The van der Waals surface area contributed by atoms with Crippen LogP contribution in [0.25, 0.3) is 17.2 Å². The Morgan fingerprint density at radius 1 is 1.00 bits per heavy atom. The van der Waals surface area contributed by atoms with Crippen LogP contribution in [0.4, 0.5) is 4.79 Å². The zero-order chi connectivity index (χ0) is 21.6. The standard InChI is InChI=1S/C24H27N3O3S/c1-31(29,30)25-22-12-14-27-23(22)16-17-5-4-7-19(15-17)21-8-3-2-6-18(21)9-10-20-11-13-26(20)24(27)28/h2-10,15,20,22-23,25H,11-14,16H2,1H3/b10-9+. The molecule has 0 aromatic heterocycles. The Balaban J connectivity index is 1.59. The second kappa shape index (κ2) is 7.80. The fraction of sp³-hybridized carbons (Fsp3) is 0.375. The molecule has 3 unspecified atom stereocenters. The van der Waals surface area contributed by atoms with Crippen molar-refractivity contribution >= 4 is 22.1 Å². The van der Waals surface area contributed by atoms with Gasteiger partial charge < -0.3 is 9.80 Å². The minimum Gasteiger partial charge on any atom is -0.320 e. The fourth-order valence-electron chi connectivity index (χ4n) is 4.99. The van der Waals surface area contributed by atoms with Gasteiger partial charge in [0.2, 0.25) is 10.0 Å². The molecule has 0 spiro atoms. The van der Waals surface area contributed by atoms with Crippen molar-refractivity contribution in [3.63, 3.8) is 0 Å². The Morgan fingerprint density at radius 2 is 1.81 bits per heavy atom. The van der Waals surface area contributed by atoms with E-state index in [0.29, 0.717) is 19.4 Å². The summed E-state index contributed by atoms with van der Waals surface area (Å²) in [7, 11) is -3.36. The van der Waals surface area contributed by atoms with Crippen molar-refractivity contribution in [2.24, 2.45) is 0 Å². The van der Waals surface area contributed by atoms with Gasteiger partial charge in [-0.1, -0.05) is 60.7 Å². The molecule has 5 rings (SSSR count). The van der Waals surface area contributed by atoms with Gasteiger partial charge in [-0.2, -0.15) is 0 Å². The van der Waals surface area contributed by atoms with Crippen LogP contribution in [-0.2, 0) is 16.4 Å². The summed E-state index contributed by atoms with van der Waals surface area (Å²) in [6.07, 6.45) is 7.62. The summed E-state index contributed by atoms with van der Waals surface area (Å²) in [5, 5.41) is 0. The molecule has 2 aromatic carbocycles. The van der Waals surface area contributed by atoms with Crippen LogP contribution in [0.3, 0.4) is 0 Å². The molecule has 2 amide bonds. The van der Waals surface area contributed by atoms with E-state index in [1.807, 2.05) is 28.0 Å². The van der Waals surface area contributed by atoms with Gasteiger partial charge in [-0.05, 0) is 41.5 Å². The summed E-state index contributed by atoms with van der Waals surface area (Å²) in [4.78, 5) is 17.2.